The number of anilines is 1. The van der Waals surface area contributed by atoms with Gasteiger partial charge in [-0.1, -0.05) is 36.4 Å². The lowest BCUT2D eigenvalue weighted by atomic mass is 10.2. The molecule has 0 unspecified atom stereocenters. The summed E-state index contributed by atoms with van der Waals surface area (Å²) in [6.07, 6.45) is 6.35. The second-order valence-electron chi connectivity index (χ2n) is 7.85. The number of nitrogens with zero attached hydrogens (tertiary/aromatic N) is 5. The number of halogens is 1. The lowest BCUT2D eigenvalue weighted by molar-refractivity contribution is 0.464. The van der Waals surface area contributed by atoms with E-state index < -0.39 is 0 Å². The second-order valence-corrected chi connectivity index (χ2v) is 7.85. The van der Waals surface area contributed by atoms with E-state index in [-0.39, 0.29) is 24.0 Å². The van der Waals surface area contributed by atoms with Crippen molar-refractivity contribution in [2.75, 3.05) is 31.6 Å². The van der Waals surface area contributed by atoms with Gasteiger partial charge < -0.3 is 20.1 Å². The molecule has 2 aromatic heterocycles. The van der Waals surface area contributed by atoms with Crippen molar-refractivity contribution in [1.82, 2.24) is 25.2 Å². The molecule has 1 aliphatic heterocycles. The van der Waals surface area contributed by atoms with Crippen LogP contribution in [0.3, 0.4) is 0 Å². The van der Waals surface area contributed by atoms with Crippen LogP contribution in [-0.4, -0.2) is 52.5 Å². The number of pyridine rings is 1. The molecule has 0 aliphatic carbocycles. The highest BCUT2D eigenvalue weighted by Gasteiger charge is 2.13. The minimum atomic E-state index is 0. The maximum absolute atomic E-state index is 4.81. The third-order valence-corrected chi connectivity index (χ3v) is 5.45. The molecule has 2 N–H and O–H groups in total. The summed E-state index contributed by atoms with van der Waals surface area (Å²) >= 11 is 0. The number of imidazole rings is 1. The molecule has 7 nitrogen and oxygen atoms in total. The van der Waals surface area contributed by atoms with Crippen molar-refractivity contribution in [2.24, 2.45) is 4.99 Å². The van der Waals surface area contributed by atoms with Crippen LogP contribution in [-0.2, 0) is 13.1 Å². The fourth-order valence-corrected chi connectivity index (χ4v) is 3.79. The predicted octanol–water partition coefficient (Wildman–Crippen LogP) is 4.29. The number of aromatic nitrogens is 3. The van der Waals surface area contributed by atoms with Gasteiger partial charge in [-0.3, -0.25) is 0 Å². The molecule has 0 bridgehead atoms. The van der Waals surface area contributed by atoms with E-state index in [1.54, 1.807) is 0 Å². The van der Waals surface area contributed by atoms with E-state index in [0.717, 1.165) is 54.1 Å². The Morgan fingerprint density at radius 3 is 2.56 bits per heavy atom. The zero-order valence-electron chi connectivity index (χ0n) is 18.8. The molecule has 170 valence electrons. The summed E-state index contributed by atoms with van der Waals surface area (Å²) in [5.41, 5.74) is 3.26. The molecule has 0 atom stereocenters. The van der Waals surface area contributed by atoms with Crippen LogP contribution in [0.1, 0.15) is 31.2 Å². The number of H-pyrrole nitrogens is 1. The average Bonchev–Trinajstić information content (AvgIpc) is 3.50. The van der Waals surface area contributed by atoms with Gasteiger partial charge in [0.15, 0.2) is 5.96 Å². The largest absolute Gasteiger partial charge is 0.357 e. The van der Waals surface area contributed by atoms with E-state index >= 15 is 0 Å². The summed E-state index contributed by atoms with van der Waals surface area (Å²) < 4.78 is 0. The van der Waals surface area contributed by atoms with E-state index in [4.69, 9.17) is 4.99 Å². The van der Waals surface area contributed by atoms with Gasteiger partial charge in [0.2, 0.25) is 0 Å². The molecule has 3 aromatic rings. The first-order chi connectivity index (χ1) is 15.2. The van der Waals surface area contributed by atoms with Crippen molar-refractivity contribution in [3.05, 3.63) is 66.2 Å². The van der Waals surface area contributed by atoms with Crippen LogP contribution in [0.4, 0.5) is 5.82 Å². The molecule has 3 heterocycles. The number of benzene rings is 1. The second kappa shape index (κ2) is 11.8. The molecule has 1 aromatic carbocycles. The Kier molecular flexibility index (Phi) is 8.90. The zero-order valence-corrected chi connectivity index (χ0v) is 21.1. The quantitative estimate of drug-likeness (QED) is 0.264. The summed E-state index contributed by atoms with van der Waals surface area (Å²) in [5.74, 6) is 2.83. The predicted molar refractivity (Wildman–Crippen MR) is 141 cm³/mol. The highest BCUT2D eigenvalue weighted by atomic mass is 127. The molecule has 1 saturated heterocycles. The first-order valence-corrected chi connectivity index (χ1v) is 11.0. The van der Waals surface area contributed by atoms with Gasteiger partial charge in [-0.25, -0.2) is 15.0 Å². The van der Waals surface area contributed by atoms with Gasteiger partial charge in [-0.15, -0.1) is 24.0 Å². The number of guanidine groups is 1. The molecular weight excluding hydrogens is 513 g/mol. The summed E-state index contributed by atoms with van der Waals surface area (Å²) in [7, 11) is 2.03. The molecule has 0 radical (unpaired) electrons. The monoisotopic (exact) mass is 545 g/mol. The minimum Gasteiger partial charge on any atom is -0.357 e. The van der Waals surface area contributed by atoms with Crippen LogP contribution in [0.15, 0.2) is 59.9 Å². The number of hydrogen-bond donors (Lipinski definition) is 2. The normalized spacial score (nSPS) is 13.7. The number of hydrogen-bond acceptors (Lipinski definition) is 4. The van der Waals surface area contributed by atoms with Crippen molar-refractivity contribution >= 4 is 35.8 Å². The number of aromatic amines is 1. The third kappa shape index (κ3) is 6.21. The Hall–Kier alpha value is -2.62. The Bertz CT molecular complexity index is 979. The molecular formula is C24H32IN7. The van der Waals surface area contributed by atoms with E-state index in [9.17, 15) is 0 Å². The topological polar surface area (TPSA) is 72.4 Å². The minimum absolute atomic E-state index is 0. The third-order valence-electron chi connectivity index (χ3n) is 5.45. The first kappa shape index (κ1) is 24.0. The van der Waals surface area contributed by atoms with Crippen LogP contribution >= 0.6 is 24.0 Å². The summed E-state index contributed by atoms with van der Waals surface area (Å²) in [6.45, 7) is 6.34. The van der Waals surface area contributed by atoms with Crippen LogP contribution < -0.4 is 10.2 Å². The van der Waals surface area contributed by atoms with E-state index in [1.165, 1.54) is 12.8 Å². The van der Waals surface area contributed by atoms with Crippen molar-refractivity contribution < 1.29 is 0 Å². The number of aliphatic imine (C=N–C) groups is 1. The smallest absolute Gasteiger partial charge is 0.194 e. The summed E-state index contributed by atoms with van der Waals surface area (Å²) in [4.78, 5) is 21.8. The Morgan fingerprint density at radius 2 is 1.88 bits per heavy atom. The molecule has 1 aliphatic rings. The lowest BCUT2D eigenvalue weighted by Crippen LogP contribution is -2.38. The Balaban J connectivity index is 0.00000289. The standard InChI is InChI=1S/C24H31N7.HI/c1-3-25-24(28-16-19-11-12-23(27-15-19)31-13-7-8-14-31)30(2)18-22-26-17-21(29-22)20-9-5-4-6-10-20;/h4-6,9-12,15,17H,3,7-8,13-14,16,18H2,1-2H3,(H,25,28)(H,26,29);1H. The fraction of sp³-hybridized carbons (Fsp3) is 0.375. The lowest BCUT2D eigenvalue weighted by Gasteiger charge is -2.21. The van der Waals surface area contributed by atoms with Crippen molar-refractivity contribution in [3.8, 4) is 11.3 Å². The maximum Gasteiger partial charge on any atom is 0.194 e. The molecule has 8 heteroatoms. The van der Waals surface area contributed by atoms with Gasteiger partial charge in [0.05, 0.1) is 25.0 Å². The van der Waals surface area contributed by atoms with Crippen LogP contribution in [0.2, 0.25) is 0 Å². The van der Waals surface area contributed by atoms with E-state index in [0.29, 0.717) is 13.1 Å². The van der Waals surface area contributed by atoms with Gasteiger partial charge in [-0.2, -0.15) is 0 Å². The van der Waals surface area contributed by atoms with Gasteiger partial charge in [-0.05, 0) is 37.0 Å². The molecule has 0 spiro atoms. The molecule has 32 heavy (non-hydrogen) atoms. The first-order valence-electron chi connectivity index (χ1n) is 11.0. The highest BCUT2D eigenvalue weighted by Crippen LogP contribution is 2.18. The number of rotatable bonds is 7. The van der Waals surface area contributed by atoms with E-state index in [2.05, 4.69) is 61.3 Å². The molecule has 0 amide bonds. The van der Waals surface area contributed by atoms with Gasteiger partial charge in [0.25, 0.3) is 0 Å². The van der Waals surface area contributed by atoms with E-state index in [1.807, 2.05) is 37.6 Å². The Morgan fingerprint density at radius 1 is 1.09 bits per heavy atom. The summed E-state index contributed by atoms with van der Waals surface area (Å²) in [6, 6.07) is 14.5. The fourth-order valence-electron chi connectivity index (χ4n) is 3.79. The molecule has 0 saturated carbocycles. The van der Waals surface area contributed by atoms with Crippen molar-refractivity contribution in [3.63, 3.8) is 0 Å². The summed E-state index contributed by atoms with van der Waals surface area (Å²) in [5, 5.41) is 3.37. The maximum atomic E-state index is 4.81. The zero-order chi connectivity index (χ0) is 21.5. The van der Waals surface area contributed by atoms with Gasteiger partial charge in [0.1, 0.15) is 11.6 Å². The van der Waals surface area contributed by atoms with Gasteiger partial charge in [0, 0.05) is 32.9 Å². The van der Waals surface area contributed by atoms with Crippen LogP contribution in [0.5, 0.6) is 0 Å². The van der Waals surface area contributed by atoms with Crippen LogP contribution in [0, 0.1) is 0 Å². The van der Waals surface area contributed by atoms with Crippen molar-refractivity contribution in [1.29, 1.82) is 0 Å². The van der Waals surface area contributed by atoms with Gasteiger partial charge >= 0.3 is 0 Å². The molecule has 4 rings (SSSR count). The van der Waals surface area contributed by atoms with Crippen molar-refractivity contribution in [2.45, 2.75) is 32.9 Å². The highest BCUT2D eigenvalue weighted by molar-refractivity contribution is 14.0. The SMILES string of the molecule is CCNC(=NCc1ccc(N2CCCC2)nc1)N(C)Cc1ncc(-c2ccccc2)[nH]1.I. The molecule has 1 fully saturated rings. The van der Waals surface area contributed by atoms with Crippen LogP contribution in [0.25, 0.3) is 11.3 Å². The average molecular weight is 545 g/mol. The number of nitrogens with one attached hydrogen (secondary N) is 2. The Labute approximate surface area is 207 Å².